The number of nitro benzene ring substituents is 1. The fourth-order valence-electron chi connectivity index (χ4n) is 2.09. The smallest absolute Gasteiger partial charge is 0.276 e. The Morgan fingerprint density at radius 1 is 1.10 bits per heavy atom. The highest BCUT2D eigenvalue weighted by Crippen LogP contribution is 2.26. The molecule has 0 amide bonds. The van der Waals surface area contributed by atoms with E-state index in [2.05, 4.69) is 13.8 Å². The fourth-order valence-corrected chi connectivity index (χ4v) is 2.09. The zero-order valence-corrected chi connectivity index (χ0v) is 12.6. The van der Waals surface area contributed by atoms with Crippen molar-refractivity contribution < 1.29 is 9.66 Å². The van der Waals surface area contributed by atoms with Crippen LogP contribution >= 0.6 is 0 Å². The number of aryl methyl sites for hydroxylation is 1. The summed E-state index contributed by atoms with van der Waals surface area (Å²) in [4.78, 5) is 10.8. The third-order valence-corrected chi connectivity index (χ3v) is 3.32. The topological polar surface area (TPSA) is 52.4 Å². The van der Waals surface area contributed by atoms with Gasteiger partial charge in [0.1, 0.15) is 5.75 Å². The molecule has 1 rings (SSSR count). The Kier molecular flexibility index (Phi) is 7.70. The summed E-state index contributed by atoms with van der Waals surface area (Å²) >= 11 is 0. The lowest BCUT2D eigenvalue weighted by molar-refractivity contribution is -0.385. The molecule has 0 unspecified atom stereocenters. The Morgan fingerprint density at radius 3 is 2.50 bits per heavy atom. The van der Waals surface area contributed by atoms with Gasteiger partial charge in [-0.05, 0) is 31.4 Å². The molecule has 0 aliphatic rings. The number of nitrogens with zero attached hydrogens (tertiary/aromatic N) is 1. The van der Waals surface area contributed by atoms with E-state index in [-0.39, 0.29) is 10.6 Å². The zero-order valence-electron chi connectivity index (χ0n) is 12.6. The molecule has 0 radical (unpaired) electrons. The van der Waals surface area contributed by atoms with Crippen molar-refractivity contribution in [1.29, 1.82) is 0 Å². The summed E-state index contributed by atoms with van der Waals surface area (Å²) in [6, 6.07) is 5.24. The van der Waals surface area contributed by atoms with Crippen LogP contribution in [0.25, 0.3) is 0 Å². The van der Waals surface area contributed by atoms with Crippen LogP contribution in [0.3, 0.4) is 0 Å². The first-order valence-corrected chi connectivity index (χ1v) is 7.59. The molecule has 4 nitrogen and oxygen atoms in total. The predicted octanol–water partition coefficient (Wildman–Crippen LogP) is 4.90. The Morgan fingerprint density at radius 2 is 1.85 bits per heavy atom. The second-order valence-electron chi connectivity index (χ2n) is 5.06. The molecule has 0 saturated heterocycles. The highest BCUT2D eigenvalue weighted by molar-refractivity contribution is 5.46. The van der Waals surface area contributed by atoms with Gasteiger partial charge in [-0.1, -0.05) is 39.5 Å². The number of unbranched alkanes of at least 4 members (excludes halogenated alkanes) is 4. The van der Waals surface area contributed by atoms with Crippen molar-refractivity contribution in [2.45, 2.75) is 58.8 Å². The minimum absolute atomic E-state index is 0.190. The number of hydrogen-bond acceptors (Lipinski definition) is 3. The third-order valence-electron chi connectivity index (χ3n) is 3.32. The SMILES string of the molecule is CCCCCCc1ccc(OCCCC)cc1[N+](=O)[O-]. The van der Waals surface area contributed by atoms with Crippen LogP contribution in [-0.4, -0.2) is 11.5 Å². The van der Waals surface area contributed by atoms with Gasteiger partial charge in [0.2, 0.25) is 0 Å². The average Bonchev–Trinajstić information content (AvgIpc) is 2.44. The van der Waals surface area contributed by atoms with Gasteiger partial charge in [-0.15, -0.1) is 0 Å². The molecule has 20 heavy (non-hydrogen) atoms. The molecule has 0 spiro atoms. The third kappa shape index (κ3) is 5.59. The molecule has 0 aliphatic heterocycles. The van der Waals surface area contributed by atoms with E-state index in [1.807, 2.05) is 12.1 Å². The minimum Gasteiger partial charge on any atom is -0.493 e. The van der Waals surface area contributed by atoms with E-state index in [9.17, 15) is 10.1 Å². The van der Waals surface area contributed by atoms with E-state index in [4.69, 9.17) is 4.74 Å². The first kappa shape index (κ1) is 16.5. The highest BCUT2D eigenvalue weighted by Gasteiger charge is 2.14. The van der Waals surface area contributed by atoms with Gasteiger partial charge in [0.05, 0.1) is 17.6 Å². The molecule has 0 saturated carbocycles. The van der Waals surface area contributed by atoms with Crippen molar-refractivity contribution >= 4 is 5.69 Å². The number of benzene rings is 1. The predicted molar refractivity (Wildman–Crippen MR) is 81.3 cm³/mol. The number of rotatable bonds is 10. The van der Waals surface area contributed by atoms with Crippen LogP contribution in [0.15, 0.2) is 18.2 Å². The van der Waals surface area contributed by atoms with Crippen molar-refractivity contribution in [1.82, 2.24) is 0 Å². The molecule has 4 heteroatoms. The van der Waals surface area contributed by atoms with Crippen molar-refractivity contribution in [3.63, 3.8) is 0 Å². The molecule has 0 fully saturated rings. The number of nitro groups is 1. The van der Waals surface area contributed by atoms with Crippen LogP contribution in [0.2, 0.25) is 0 Å². The molecule has 1 aromatic carbocycles. The van der Waals surface area contributed by atoms with Crippen LogP contribution in [0.4, 0.5) is 5.69 Å². The summed E-state index contributed by atoms with van der Waals surface area (Å²) in [6.07, 6.45) is 7.28. The Hall–Kier alpha value is -1.58. The molecule has 0 bridgehead atoms. The maximum absolute atomic E-state index is 11.1. The molecule has 1 aromatic rings. The second-order valence-corrected chi connectivity index (χ2v) is 5.06. The van der Waals surface area contributed by atoms with Crippen LogP contribution in [-0.2, 0) is 6.42 Å². The highest BCUT2D eigenvalue weighted by atomic mass is 16.6. The van der Waals surface area contributed by atoms with Crippen LogP contribution in [0.1, 0.15) is 57.9 Å². The van der Waals surface area contributed by atoms with Crippen LogP contribution in [0, 0.1) is 10.1 Å². The molecule has 0 aromatic heterocycles. The van der Waals surface area contributed by atoms with E-state index < -0.39 is 0 Å². The van der Waals surface area contributed by atoms with Crippen LogP contribution < -0.4 is 4.74 Å². The van der Waals surface area contributed by atoms with E-state index in [1.165, 1.54) is 12.8 Å². The molecule has 0 N–H and O–H groups in total. The first-order chi connectivity index (χ1) is 9.69. The van der Waals surface area contributed by atoms with E-state index in [0.717, 1.165) is 37.7 Å². The van der Waals surface area contributed by atoms with Gasteiger partial charge in [-0.2, -0.15) is 0 Å². The molecule has 112 valence electrons. The Balaban J connectivity index is 2.67. The summed E-state index contributed by atoms with van der Waals surface area (Å²) in [5.41, 5.74) is 1.00. The van der Waals surface area contributed by atoms with E-state index in [1.54, 1.807) is 6.07 Å². The fraction of sp³-hybridized carbons (Fsp3) is 0.625. The van der Waals surface area contributed by atoms with Gasteiger partial charge in [-0.25, -0.2) is 0 Å². The maximum Gasteiger partial charge on any atom is 0.276 e. The lowest BCUT2D eigenvalue weighted by atomic mass is 10.0. The van der Waals surface area contributed by atoms with E-state index in [0.29, 0.717) is 12.4 Å². The van der Waals surface area contributed by atoms with Crippen molar-refractivity contribution in [2.24, 2.45) is 0 Å². The van der Waals surface area contributed by atoms with E-state index >= 15 is 0 Å². The van der Waals surface area contributed by atoms with Gasteiger partial charge < -0.3 is 4.74 Å². The summed E-state index contributed by atoms with van der Waals surface area (Å²) in [5, 5.41) is 11.1. The lowest BCUT2D eigenvalue weighted by Crippen LogP contribution is -2.00. The Bertz CT molecular complexity index is 418. The standard InChI is InChI=1S/C16H25NO3/c1-3-5-7-8-9-14-10-11-15(20-12-6-4-2)13-16(14)17(18)19/h10-11,13H,3-9,12H2,1-2H3. The number of ether oxygens (including phenoxy) is 1. The van der Waals surface area contributed by atoms with Crippen molar-refractivity contribution in [3.05, 3.63) is 33.9 Å². The average molecular weight is 279 g/mol. The summed E-state index contributed by atoms with van der Waals surface area (Å²) < 4.78 is 5.53. The largest absolute Gasteiger partial charge is 0.493 e. The van der Waals surface area contributed by atoms with Crippen LogP contribution in [0.5, 0.6) is 5.75 Å². The van der Waals surface area contributed by atoms with Gasteiger partial charge in [0.25, 0.3) is 5.69 Å². The van der Waals surface area contributed by atoms with Gasteiger partial charge in [0, 0.05) is 5.56 Å². The van der Waals surface area contributed by atoms with Crippen molar-refractivity contribution in [3.8, 4) is 5.75 Å². The normalized spacial score (nSPS) is 10.5. The van der Waals surface area contributed by atoms with Gasteiger partial charge >= 0.3 is 0 Å². The van der Waals surface area contributed by atoms with Gasteiger partial charge in [-0.3, -0.25) is 10.1 Å². The molecular formula is C16H25NO3. The number of hydrogen-bond donors (Lipinski definition) is 0. The summed E-state index contributed by atoms with van der Waals surface area (Å²) in [6.45, 7) is 4.86. The monoisotopic (exact) mass is 279 g/mol. The molecular weight excluding hydrogens is 254 g/mol. The summed E-state index contributed by atoms with van der Waals surface area (Å²) in [5.74, 6) is 0.599. The lowest BCUT2D eigenvalue weighted by Gasteiger charge is -2.08. The maximum atomic E-state index is 11.1. The summed E-state index contributed by atoms with van der Waals surface area (Å²) in [7, 11) is 0. The minimum atomic E-state index is -0.304. The Labute approximate surface area is 121 Å². The van der Waals surface area contributed by atoms with Crippen molar-refractivity contribution in [2.75, 3.05) is 6.61 Å². The second kappa shape index (κ2) is 9.34. The molecule has 0 atom stereocenters. The van der Waals surface area contributed by atoms with Gasteiger partial charge in [0.15, 0.2) is 0 Å². The first-order valence-electron chi connectivity index (χ1n) is 7.59. The molecule has 0 heterocycles. The zero-order chi connectivity index (χ0) is 14.8. The quantitative estimate of drug-likeness (QED) is 0.348. The molecule has 0 aliphatic carbocycles.